The lowest BCUT2D eigenvalue weighted by atomic mass is 9.95. The third kappa shape index (κ3) is 3.22. The molecule has 2 aliphatic rings. The molecule has 2 aromatic heterocycles. The standard InChI is InChI=1S/C20H24FN5O/c1-12-13(2)24-20(22-3)17-11-26(10-16(12)17)19(27)6-14-8-25(9-14)15-4-5-18(21)23-7-15/h4-5,7,14H,6,8-11H2,1-3H3,(H,22,24). The first kappa shape index (κ1) is 17.7. The average Bonchev–Trinajstić information content (AvgIpc) is 3.07. The van der Waals surface area contributed by atoms with Crippen LogP contribution in [0.3, 0.4) is 0 Å². The number of amides is 1. The van der Waals surface area contributed by atoms with Crippen molar-refractivity contribution in [3.05, 3.63) is 46.7 Å². The Morgan fingerprint density at radius 1 is 1.26 bits per heavy atom. The minimum absolute atomic E-state index is 0.187. The van der Waals surface area contributed by atoms with Gasteiger partial charge in [-0.15, -0.1) is 0 Å². The van der Waals surface area contributed by atoms with E-state index < -0.39 is 5.95 Å². The Hall–Kier alpha value is -2.70. The van der Waals surface area contributed by atoms with Gasteiger partial charge in [0, 0.05) is 56.8 Å². The number of aromatic nitrogens is 2. The van der Waals surface area contributed by atoms with Crippen LogP contribution < -0.4 is 10.2 Å². The summed E-state index contributed by atoms with van der Waals surface area (Å²) in [4.78, 5) is 25.2. The Balaban J connectivity index is 1.36. The molecule has 4 heterocycles. The van der Waals surface area contributed by atoms with Gasteiger partial charge in [0.25, 0.3) is 0 Å². The van der Waals surface area contributed by atoms with E-state index in [-0.39, 0.29) is 5.91 Å². The molecule has 27 heavy (non-hydrogen) atoms. The fourth-order valence-corrected chi connectivity index (χ4v) is 3.95. The molecule has 1 amide bonds. The SMILES string of the molecule is CNc1nc(C)c(C)c2c1CN(C(=O)CC1CN(c3ccc(F)nc3)C1)C2. The molecule has 4 rings (SSSR count). The summed E-state index contributed by atoms with van der Waals surface area (Å²) in [6, 6.07) is 3.10. The first-order valence-electron chi connectivity index (χ1n) is 9.27. The largest absolute Gasteiger partial charge is 0.373 e. The second-order valence-corrected chi connectivity index (χ2v) is 7.44. The number of carbonyl (C=O) groups is 1. The van der Waals surface area contributed by atoms with E-state index in [1.165, 1.54) is 17.2 Å². The summed E-state index contributed by atoms with van der Waals surface area (Å²) in [6.07, 6.45) is 2.08. The van der Waals surface area contributed by atoms with Gasteiger partial charge in [0.15, 0.2) is 0 Å². The third-order valence-corrected chi connectivity index (χ3v) is 5.71. The van der Waals surface area contributed by atoms with Crippen molar-refractivity contribution in [2.75, 3.05) is 30.4 Å². The first-order valence-corrected chi connectivity index (χ1v) is 9.27. The highest BCUT2D eigenvalue weighted by atomic mass is 19.1. The zero-order chi connectivity index (χ0) is 19.1. The van der Waals surface area contributed by atoms with Crippen molar-refractivity contribution in [3.63, 3.8) is 0 Å². The predicted molar refractivity (Wildman–Crippen MR) is 102 cm³/mol. The summed E-state index contributed by atoms with van der Waals surface area (Å²) < 4.78 is 12.9. The minimum Gasteiger partial charge on any atom is -0.373 e. The number of rotatable bonds is 4. The maximum Gasteiger partial charge on any atom is 0.223 e. The number of nitrogens with zero attached hydrogens (tertiary/aromatic N) is 4. The number of nitrogens with one attached hydrogen (secondary N) is 1. The fraction of sp³-hybridized carbons (Fsp3) is 0.450. The van der Waals surface area contributed by atoms with Crippen LogP contribution in [0.4, 0.5) is 15.9 Å². The molecule has 2 aromatic rings. The van der Waals surface area contributed by atoms with Crippen LogP contribution in [0.25, 0.3) is 0 Å². The van der Waals surface area contributed by atoms with Crippen LogP contribution in [0.1, 0.15) is 28.8 Å². The van der Waals surface area contributed by atoms with E-state index >= 15 is 0 Å². The van der Waals surface area contributed by atoms with E-state index in [4.69, 9.17) is 0 Å². The van der Waals surface area contributed by atoms with Crippen LogP contribution in [0.15, 0.2) is 18.3 Å². The van der Waals surface area contributed by atoms with Crippen LogP contribution in [0.5, 0.6) is 0 Å². The quantitative estimate of drug-likeness (QED) is 0.840. The number of aryl methyl sites for hydroxylation is 1. The van der Waals surface area contributed by atoms with Crippen molar-refractivity contribution >= 4 is 17.4 Å². The van der Waals surface area contributed by atoms with E-state index in [0.29, 0.717) is 25.4 Å². The smallest absolute Gasteiger partial charge is 0.223 e. The highest BCUT2D eigenvalue weighted by molar-refractivity contribution is 5.78. The molecule has 0 radical (unpaired) electrons. The summed E-state index contributed by atoms with van der Waals surface area (Å²) in [6.45, 7) is 6.99. The van der Waals surface area contributed by atoms with E-state index in [1.807, 2.05) is 18.9 Å². The Kier molecular flexibility index (Phi) is 4.45. The molecular formula is C20H24FN5O. The maximum absolute atomic E-state index is 12.9. The number of hydrogen-bond donors (Lipinski definition) is 1. The molecule has 0 aliphatic carbocycles. The number of pyridine rings is 2. The number of hydrogen-bond acceptors (Lipinski definition) is 5. The number of carbonyl (C=O) groups excluding carboxylic acids is 1. The second-order valence-electron chi connectivity index (χ2n) is 7.44. The van der Waals surface area contributed by atoms with Gasteiger partial charge in [-0.05, 0) is 37.1 Å². The van der Waals surface area contributed by atoms with Crippen LogP contribution in [-0.2, 0) is 17.9 Å². The van der Waals surface area contributed by atoms with E-state index in [0.717, 1.165) is 35.9 Å². The lowest BCUT2D eigenvalue weighted by Gasteiger charge is -2.41. The summed E-state index contributed by atoms with van der Waals surface area (Å²) in [5.74, 6) is 0.922. The van der Waals surface area contributed by atoms with Crippen molar-refractivity contribution in [1.82, 2.24) is 14.9 Å². The normalized spacial score (nSPS) is 16.3. The second kappa shape index (κ2) is 6.79. The molecule has 2 aliphatic heterocycles. The lowest BCUT2D eigenvalue weighted by molar-refractivity contribution is -0.133. The van der Waals surface area contributed by atoms with Gasteiger partial charge in [0.2, 0.25) is 11.9 Å². The van der Waals surface area contributed by atoms with E-state index in [1.54, 1.807) is 12.3 Å². The summed E-state index contributed by atoms with van der Waals surface area (Å²) in [5.41, 5.74) is 5.46. The molecule has 6 nitrogen and oxygen atoms in total. The van der Waals surface area contributed by atoms with Gasteiger partial charge in [0.05, 0.1) is 11.9 Å². The van der Waals surface area contributed by atoms with Gasteiger partial charge in [-0.25, -0.2) is 9.97 Å². The van der Waals surface area contributed by atoms with Gasteiger partial charge in [-0.3, -0.25) is 4.79 Å². The summed E-state index contributed by atoms with van der Waals surface area (Å²) >= 11 is 0. The van der Waals surface area contributed by atoms with Crippen LogP contribution >= 0.6 is 0 Å². The monoisotopic (exact) mass is 369 g/mol. The molecule has 0 bridgehead atoms. The first-order chi connectivity index (χ1) is 13.0. The van der Waals surface area contributed by atoms with Crippen LogP contribution in [0.2, 0.25) is 0 Å². The zero-order valence-corrected chi connectivity index (χ0v) is 15.9. The van der Waals surface area contributed by atoms with Gasteiger partial charge in [0.1, 0.15) is 5.82 Å². The van der Waals surface area contributed by atoms with Crippen molar-refractivity contribution in [1.29, 1.82) is 0 Å². The highest BCUT2D eigenvalue weighted by Crippen LogP contribution is 2.33. The molecule has 1 fully saturated rings. The number of fused-ring (bicyclic) bond motifs is 1. The maximum atomic E-state index is 12.9. The Morgan fingerprint density at radius 3 is 2.67 bits per heavy atom. The molecule has 0 spiro atoms. The lowest BCUT2D eigenvalue weighted by Crippen LogP contribution is -2.48. The molecule has 7 heteroatoms. The van der Waals surface area contributed by atoms with Crippen molar-refractivity contribution in [3.8, 4) is 0 Å². The molecule has 1 N–H and O–H groups in total. The molecule has 0 aromatic carbocycles. The van der Waals surface area contributed by atoms with Crippen molar-refractivity contribution < 1.29 is 9.18 Å². The molecular weight excluding hydrogens is 345 g/mol. The Morgan fingerprint density at radius 2 is 2.00 bits per heavy atom. The number of halogens is 1. The number of anilines is 2. The highest BCUT2D eigenvalue weighted by Gasteiger charge is 2.33. The molecule has 0 unspecified atom stereocenters. The Bertz CT molecular complexity index is 877. The average molecular weight is 369 g/mol. The summed E-state index contributed by atoms with van der Waals surface area (Å²) in [5, 5.41) is 3.16. The molecule has 0 saturated carbocycles. The molecule has 0 atom stereocenters. The zero-order valence-electron chi connectivity index (χ0n) is 15.9. The summed E-state index contributed by atoms with van der Waals surface area (Å²) in [7, 11) is 1.87. The van der Waals surface area contributed by atoms with Gasteiger partial charge in [-0.1, -0.05) is 0 Å². The topological polar surface area (TPSA) is 61.4 Å². The van der Waals surface area contributed by atoms with Crippen LogP contribution in [-0.4, -0.2) is 40.9 Å². The van der Waals surface area contributed by atoms with Gasteiger partial charge >= 0.3 is 0 Å². The minimum atomic E-state index is -0.472. The predicted octanol–water partition coefficient (Wildman–Crippen LogP) is 2.64. The van der Waals surface area contributed by atoms with Gasteiger partial charge < -0.3 is 15.1 Å². The van der Waals surface area contributed by atoms with Crippen LogP contribution in [0, 0.1) is 25.7 Å². The third-order valence-electron chi connectivity index (χ3n) is 5.71. The van der Waals surface area contributed by atoms with Gasteiger partial charge in [-0.2, -0.15) is 4.39 Å². The van der Waals surface area contributed by atoms with Crippen molar-refractivity contribution in [2.45, 2.75) is 33.4 Å². The van der Waals surface area contributed by atoms with Crippen molar-refractivity contribution in [2.24, 2.45) is 5.92 Å². The van der Waals surface area contributed by atoms with E-state index in [9.17, 15) is 9.18 Å². The fourth-order valence-electron chi connectivity index (χ4n) is 3.95. The Labute approximate surface area is 158 Å². The molecule has 142 valence electrons. The van der Waals surface area contributed by atoms with E-state index in [2.05, 4.69) is 27.1 Å². The molecule has 1 saturated heterocycles.